The van der Waals surface area contributed by atoms with Crippen LogP contribution >= 0.6 is 11.3 Å². The Kier molecular flexibility index (Phi) is 9.40. The number of benzene rings is 11. The van der Waals surface area contributed by atoms with Gasteiger partial charge in [-0.05, 0) is 89.0 Å². The Morgan fingerprint density at radius 2 is 0.921 bits per heavy atom. The Morgan fingerprint density at radius 3 is 1.75 bits per heavy atom. The van der Waals surface area contributed by atoms with Crippen molar-refractivity contribution in [2.24, 2.45) is 0 Å². The Bertz CT molecular complexity index is 4990. The second-order valence-electron chi connectivity index (χ2n) is 19.4. The van der Waals surface area contributed by atoms with E-state index < -0.39 is 0 Å². The largest absolute Gasteiger partial charge is 0.456 e. The average molecular weight is 989 g/mol. The highest BCUT2D eigenvalue weighted by atomic mass is 32.1. The van der Waals surface area contributed by atoms with Gasteiger partial charge in [-0.15, -0.1) is 11.3 Å². The van der Waals surface area contributed by atoms with E-state index in [1.165, 1.54) is 26.5 Å². The van der Waals surface area contributed by atoms with Crippen molar-refractivity contribution >= 4 is 97.2 Å². The summed E-state index contributed by atoms with van der Waals surface area (Å²) in [5.74, 6) is 1.76. The van der Waals surface area contributed by atoms with Gasteiger partial charge in [-0.2, -0.15) is 0 Å². The SMILES string of the molecule is c1ccc(-c2nc(-c3cc(-c4ccccc4)c4c(c3)oc3ccccc34)nc(-c3cccc4sc5c(-c6cccc7c6oc6ccc(-c8ccc9c(c8)c8ccccc8n9-c8ccccc8)cc67)cccc5c34)n2)cc1. The first-order chi connectivity index (χ1) is 37.7. The first-order valence-corrected chi connectivity index (χ1v) is 26.3. The second-order valence-corrected chi connectivity index (χ2v) is 20.5. The third-order valence-corrected chi connectivity index (χ3v) is 16.3. The minimum absolute atomic E-state index is 0.566. The van der Waals surface area contributed by atoms with Crippen molar-refractivity contribution in [3.05, 3.63) is 243 Å². The molecular weight excluding hydrogens is 949 g/mol. The molecule has 0 bridgehead atoms. The lowest BCUT2D eigenvalue weighted by atomic mass is 9.96. The van der Waals surface area contributed by atoms with Gasteiger partial charge in [-0.1, -0.05) is 176 Å². The van der Waals surface area contributed by atoms with Crippen molar-refractivity contribution in [2.45, 2.75) is 0 Å². The van der Waals surface area contributed by atoms with Crippen LogP contribution in [0.25, 0.3) is 159 Å². The summed E-state index contributed by atoms with van der Waals surface area (Å²) in [5, 5.41) is 8.99. The van der Waals surface area contributed by atoms with Crippen molar-refractivity contribution in [1.29, 1.82) is 0 Å². The van der Waals surface area contributed by atoms with Crippen molar-refractivity contribution < 1.29 is 8.83 Å². The van der Waals surface area contributed by atoms with Crippen molar-refractivity contribution in [2.75, 3.05) is 0 Å². The van der Waals surface area contributed by atoms with Gasteiger partial charge in [-0.3, -0.25) is 0 Å². The van der Waals surface area contributed by atoms with Crippen LogP contribution in [0.15, 0.2) is 251 Å². The number of rotatable bonds is 7. The maximum Gasteiger partial charge on any atom is 0.164 e. The van der Waals surface area contributed by atoms with Crippen molar-refractivity contribution in [1.82, 2.24) is 19.5 Å². The third kappa shape index (κ3) is 6.62. The number of hydrogen-bond acceptors (Lipinski definition) is 6. The zero-order chi connectivity index (χ0) is 49.8. The van der Waals surface area contributed by atoms with Crippen LogP contribution in [0.3, 0.4) is 0 Å². The molecule has 0 aliphatic rings. The highest BCUT2D eigenvalue weighted by molar-refractivity contribution is 7.26. The fraction of sp³-hybridized carbons (Fsp3) is 0. The van der Waals surface area contributed by atoms with Crippen LogP contribution in [0.1, 0.15) is 0 Å². The molecule has 0 radical (unpaired) electrons. The van der Waals surface area contributed by atoms with Crippen LogP contribution in [0, 0.1) is 0 Å². The molecule has 16 rings (SSSR count). The fourth-order valence-electron chi connectivity index (χ4n) is 11.6. The summed E-state index contributed by atoms with van der Waals surface area (Å²) in [7, 11) is 0. The quantitative estimate of drug-likeness (QED) is 0.159. The van der Waals surface area contributed by atoms with E-state index in [0.717, 1.165) is 115 Å². The molecule has 0 N–H and O–H groups in total. The van der Waals surface area contributed by atoms with Crippen molar-refractivity contribution in [3.63, 3.8) is 0 Å². The summed E-state index contributed by atoms with van der Waals surface area (Å²) in [4.78, 5) is 15.9. The molecular formula is C69H40N4O2S. The number of fused-ring (bicyclic) bond motifs is 12. The molecule has 0 atom stereocenters. The van der Waals surface area contributed by atoms with E-state index in [1.54, 1.807) is 11.3 Å². The van der Waals surface area contributed by atoms with E-state index >= 15 is 0 Å². The average Bonchev–Trinajstić information content (AvgIpc) is 4.27. The molecule has 0 saturated carbocycles. The predicted octanol–water partition coefficient (Wildman–Crippen LogP) is 19.1. The van der Waals surface area contributed by atoms with E-state index in [4.69, 9.17) is 23.8 Å². The Labute approximate surface area is 439 Å². The Morgan fingerprint density at radius 1 is 0.316 bits per heavy atom. The van der Waals surface area contributed by atoms with Crippen LogP contribution in [0.4, 0.5) is 0 Å². The number of para-hydroxylation sites is 4. The highest BCUT2D eigenvalue weighted by Gasteiger charge is 2.23. The fourth-order valence-corrected chi connectivity index (χ4v) is 12.9. The first-order valence-electron chi connectivity index (χ1n) is 25.5. The van der Waals surface area contributed by atoms with Gasteiger partial charge in [0.2, 0.25) is 0 Å². The molecule has 7 heteroatoms. The van der Waals surface area contributed by atoms with Gasteiger partial charge in [0.05, 0.1) is 11.0 Å². The van der Waals surface area contributed by atoms with Crippen LogP contribution in [-0.2, 0) is 0 Å². The summed E-state index contributed by atoms with van der Waals surface area (Å²) in [6.45, 7) is 0. The number of nitrogens with zero attached hydrogens (tertiary/aromatic N) is 4. The number of furan rings is 2. The number of hydrogen-bond donors (Lipinski definition) is 0. The molecule has 354 valence electrons. The third-order valence-electron chi connectivity index (χ3n) is 15.1. The zero-order valence-electron chi connectivity index (χ0n) is 40.6. The normalized spacial score (nSPS) is 11.9. The van der Waals surface area contributed by atoms with E-state index in [2.05, 4.69) is 211 Å². The van der Waals surface area contributed by atoms with E-state index in [0.29, 0.717) is 17.5 Å². The molecule has 0 unspecified atom stereocenters. The predicted molar refractivity (Wildman–Crippen MR) is 314 cm³/mol. The maximum atomic E-state index is 6.88. The minimum atomic E-state index is 0.566. The molecule has 0 spiro atoms. The van der Waals surface area contributed by atoms with Crippen molar-refractivity contribution in [3.8, 4) is 73.2 Å². The highest BCUT2D eigenvalue weighted by Crippen LogP contribution is 2.47. The van der Waals surface area contributed by atoms with E-state index in [-0.39, 0.29) is 0 Å². The molecule has 0 fully saturated rings. The van der Waals surface area contributed by atoms with Gasteiger partial charge in [0, 0.05) is 86.0 Å². The topological polar surface area (TPSA) is 69.9 Å². The molecule has 76 heavy (non-hydrogen) atoms. The first kappa shape index (κ1) is 42.5. The molecule has 11 aromatic carbocycles. The minimum Gasteiger partial charge on any atom is -0.456 e. The van der Waals surface area contributed by atoms with E-state index in [9.17, 15) is 0 Å². The summed E-state index contributed by atoms with van der Waals surface area (Å²) in [5.41, 5.74) is 16.2. The lowest BCUT2D eigenvalue weighted by molar-refractivity contribution is 0.669. The Hall–Kier alpha value is -9.95. The van der Waals surface area contributed by atoms with Crippen LogP contribution in [0.2, 0.25) is 0 Å². The lowest BCUT2D eigenvalue weighted by Crippen LogP contribution is -2.00. The van der Waals surface area contributed by atoms with Crippen LogP contribution in [0.5, 0.6) is 0 Å². The zero-order valence-corrected chi connectivity index (χ0v) is 41.4. The maximum absolute atomic E-state index is 6.88. The molecule has 5 aromatic heterocycles. The van der Waals surface area contributed by atoms with Gasteiger partial charge in [0.15, 0.2) is 17.5 Å². The monoisotopic (exact) mass is 988 g/mol. The standard InChI is InChI=1S/C69H40N4O2S/c1-4-17-41(18-5-1)54-39-45(40-61-63(54)51-24-11-13-31-59(51)74-61)68-70-67(42-19-6-2-7-20-42)71-69(72-68)53-29-16-32-62-64(53)52-28-15-27-50(66(52)76-62)48-25-14-26-49-56-38-44(34-36-60(56)75-65(48)49)43-33-35-58-55(37-43)47-23-10-12-30-57(47)73(58)46-21-8-3-9-22-46/h1-40H. The van der Waals surface area contributed by atoms with E-state index in [1.807, 2.05) is 36.4 Å². The van der Waals surface area contributed by atoms with Gasteiger partial charge < -0.3 is 13.4 Å². The smallest absolute Gasteiger partial charge is 0.164 e. The van der Waals surface area contributed by atoms with Gasteiger partial charge >= 0.3 is 0 Å². The summed E-state index contributed by atoms with van der Waals surface area (Å²) in [6, 6.07) is 85.5. The Balaban J connectivity index is 0.835. The molecule has 16 aromatic rings. The van der Waals surface area contributed by atoms with Crippen LogP contribution in [-0.4, -0.2) is 19.5 Å². The number of thiophene rings is 1. The van der Waals surface area contributed by atoms with Gasteiger partial charge in [0.1, 0.15) is 22.3 Å². The summed E-state index contributed by atoms with van der Waals surface area (Å²) in [6.07, 6.45) is 0. The lowest BCUT2D eigenvalue weighted by Gasteiger charge is -2.11. The summed E-state index contributed by atoms with van der Waals surface area (Å²) >= 11 is 1.79. The van der Waals surface area contributed by atoms with Crippen LogP contribution < -0.4 is 0 Å². The molecule has 5 heterocycles. The molecule has 0 aliphatic heterocycles. The summed E-state index contributed by atoms with van der Waals surface area (Å²) < 4.78 is 18.1. The van der Waals surface area contributed by atoms with Gasteiger partial charge in [-0.25, -0.2) is 15.0 Å². The molecule has 0 saturated heterocycles. The molecule has 6 nitrogen and oxygen atoms in total. The number of aromatic nitrogens is 4. The molecule has 0 aliphatic carbocycles. The molecule has 0 amide bonds. The second kappa shape index (κ2) is 16.8. The van der Waals surface area contributed by atoms with Gasteiger partial charge in [0.25, 0.3) is 0 Å².